The van der Waals surface area contributed by atoms with E-state index in [1.54, 1.807) is 13.8 Å². The summed E-state index contributed by atoms with van der Waals surface area (Å²) in [6.07, 6.45) is 3.53. The molecule has 3 aromatic rings. The summed E-state index contributed by atoms with van der Waals surface area (Å²) in [6, 6.07) is 31.2. The molecule has 0 amide bonds. The lowest BCUT2D eigenvalue weighted by Crippen LogP contribution is -2.63. The van der Waals surface area contributed by atoms with Gasteiger partial charge in [-0.15, -0.1) is 0 Å². The van der Waals surface area contributed by atoms with Crippen LogP contribution in [0.2, 0.25) is 0 Å². The molecule has 0 bridgehead atoms. The minimum atomic E-state index is -1.10. The Morgan fingerprint density at radius 3 is 1.60 bits per heavy atom. The number of hydrogen-bond donors (Lipinski definition) is 0. The first kappa shape index (κ1) is 30.9. The summed E-state index contributed by atoms with van der Waals surface area (Å²) < 4.78 is 34.8. The van der Waals surface area contributed by atoms with Crippen molar-refractivity contribution in [3.05, 3.63) is 108 Å². The van der Waals surface area contributed by atoms with Gasteiger partial charge in [0.25, 0.3) is 0 Å². The Bertz CT molecular complexity index is 1180. The number of rotatable bonds is 12. The topological polar surface area (TPSA) is 30.9 Å². The van der Waals surface area contributed by atoms with E-state index in [4.69, 9.17) is 14.2 Å². The van der Waals surface area contributed by atoms with Crippen molar-refractivity contribution in [2.75, 3.05) is 13.1 Å². The van der Waals surface area contributed by atoms with Crippen LogP contribution < -0.4 is 0 Å². The molecule has 0 unspecified atom stereocenters. The van der Waals surface area contributed by atoms with Crippen LogP contribution in [-0.2, 0) is 34.0 Å². The summed E-state index contributed by atoms with van der Waals surface area (Å²) in [7, 11) is 0. The average molecular weight is 574 g/mol. The van der Waals surface area contributed by atoms with Gasteiger partial charge >= 0.3 is 0 Å². The summed E-state index contributed by atoms with van der Waals surface area (Å²) in [5.41, 5.74) is 2.35. The van der Waals surface area contributed by atoms with Gasteiger partial charge in [-0.2, -0.15) is 0 Å². The Labute approximate surface area is 252 Å². The molecule has 1 heterocycles. The molecule has 42 heavy (non-hydrogen) atoms. The summed E-state index contributed by atoms with van der Waals surface area (Å²) >= 11 is 0. The Morgan fingerprint density at radius 2 is 1.12 bits per heavy atom. The fraction of sp³-hybridized carbons (Fsp3) is 0.514. The van der Waals surface area contributed by atoms with Gasteiger partial charge in [0, 0.05) is 19.1 Å². The van der Waals surface area contributed by atoms with Crippen molar-refractivity contribution < 1.29 is 18.6 Å². The van der Waals surface area contributed by atoms with E-state index < -0.39 is 5.67 Å². The molecule has 1 aliphatic carbocycles. The first-order chi connectivity index (χ1) is 20.4. The highest BCUT2D eigenvalue weighted by Crippen LogP contribution is 2.38. The Kier molecular flexibility index (Phi) is 10.8. The smallest absolute Gasteiger partial charge is 0.113 e. The molecule has 2 aliphatic rings. The maximum atomic E-state index is 14.7. The highest BCUT2D eigenvalue weighted by atomic mass is 19.1. The third kappa shape index (κ3) is 8.50. The van der Waals surface area contributed by atoms with E-state index in [0.29, 0.717) is 25.7 Å². The fourth-order valence-corrected chi connectivity index (χ4v) is 6.69. The van der Waals surface area contributed by atoms with E-state index in [0.717, 1.165) is 55.5 Å². The summed E-state index contributed by atoms with van der Waals surface area (Å²) in [5.74, 6) is 0.713. The first-order valence-electron chi connectivity index (χ1n) is 15.8. The van der Waals surface area contributed by atoms with Gasteiger partial charge < -0.3 is 14.2 Å². The molecule has 5 rings (SSSR count). The molecular formula is C37H48FNO3. The van der Waals surface area contributed by atoms with Crippen molar-refractivity contribution in [3.63, 3.8) is 0 Å². The minimum Gasteiger partial charge on any atom is -0.369 e. The van der Waals surface area contributed by atoms with Crippen molar-refractivity contribution >= 4 is 0 Å². The largest absolute Gasteiger partial charge is 0.369 e. The average Bonchev–Trinajstić information content (AvgIpc) is 3.01. The van der Waals surface area contributed by atoms with Crippen molar-refractivity contribution in [2.45, 2.75) is 96.3 Å². The normalized spacial score (nSPS) is 27.1. The van der Waals surface area contributed by atoms with Crippen LogP contribution in [0.3, 0.4) is 0 Å². The number of likely N-dealkylation sites (tertiary alicyclic amines) is 1. The number of benzene rings is 3. The highest BCUT2D eigenvalue weighted by molar-refractivity contribution is 5.16. The van der Waals surface area contributed by atoms with E-state index >= 15 is 0 Å². The second kappa shape index (κ2) is 14.7. The number of ether oxygens (including phenoxy) is 3. The standard InChI is InChI=1S/C37H48FNO3/c1-28-35(41-26-31-15-9-5-10-16-31)36(42-27-32-17-11-6-12-18-32)34(40-25-30-13-7-4-8-14-30)24-39(28)23-29-19-21-33(22-20-29)37(2,3)38/h4-18,28-29,33-36H,19-27H2,1-3H3/t28-,29?,33?,34+,35-,36-/m1/s1. The molecule has 5 heteroatoms. The second-order valence-electron chi connectivity index (χ2n) is 12.8. The molecule has 2 fully saturated rings. The summed E-state index contributed by atoms with van der Waals surface area (Å²) in [5, 5.41) is 0. The summed E-state index contributed by atoms with van der Waals surface area (Å²) in [6.45, 7) is 9.08. The minimum absolute atomic E-state index is 0.146. The molecule has 0 radical (unpaired) electrons. The maximum Gasteiger partial charge on any atom is 0.113 e. The lowest BCUT2D eigenvalue weighted by atomic mass is 9.75. The van der Waals surface area contributed by atoms with Crippen molar-refractivity contribution in [3.8, 4) is 0 Å². The van der Waals surface area contributed by atoms with Gasteiger partial charge in [0.05, 0.1) is 25.9 Å². The van der Waals surface area contributed by atoms with Gasteiger partial charge in [0.1, 0.15) is 17.9 Å². The van der Waals surface area contributed by atoms with Crippen molar-refractivity contribution in [1.29, 1.82) is 0 Å². The van der Waals surface area contributed by atoms with Crippen LogP contribution in [0.15, 0.2) is 91.0 Å². The van der Waals surface area contributed by atoms with E-state index in [1.807, 2.05) is 18.2 Å². The molecule has 4 atom stereocenters. The molecule has 1 saturated carbocycles. The van der Waals surface area contributed by atoms with E-state index in [1.165, 1.54) is 0 Å². The zero-order valence-electron chi connectivity index (χ0n) is 25.5. The zero-order valence-corrected chi connectivity index (χ0v) is 25.5. The van der Waals surface area contributed by atoms with E-state index in [2.05, 4.69) is 84.6 Å². The van der Waals surface area contributed by atoms with Crippen LogP contribution in [0.1, 0.15) is 63.1 Å². The molecule has 0 N–H and O–H groups in total. The van der Waals surface area contributed by atoms with Crippen LogP contribution in [-0.4, -0.2) is 48.0 Å². The highest BCUT2D eigenvalue weighted by Gasteiger charge is 2.45. The Balaban J connectivity index is 1.34. The molecule has 4 nitrogen and oxygen atoms in total. The van der Waals surface area contributed by atoms with Crippen molar-refractivity contribution in [2.24, 2.45) is 11.8 Å². The lowest BCUT2D eigenvalue weighted by molar-refractivity contribution is -0.202. The van der Waals surface area contributed by atoms with Gasteiger partial charge in [0.15, 0.2) is 0 Å². The molecule has 1 saturated heterocycles. The quantitative estimate of drug-likeness (QED) is 0.220. The molecule has 3 aromatic carbocycles. The van der Waals surface area contributed by atoms with Crippen LogP contribution in [0, 0.1) is 11.8 Å². The number of piperidine rings is 1. The van der Waals surface area contributed by atoms with Gasteiger partial charge in [-0.25, -0.2) is 4.39 Å². The van der Waals surface area contributed by atoms with Gasteiger partial charge in [0.2, 0.25) is 0 Å². The fourth-order valence-electron chi connectivity index (χ4n) is 6.69. The SMILES string of the molecule is C[C@@H]1[C@@H](OCc2ccccc2)[C@H](OCc2ccccc2)[C@@H](OCc2ccccc2)CN1CC1CCC(C(C)(C)F)CC1. The molecule has 226 valence electrons. The lowest BCUT2D eigenvalue weighted by Gasteiger charge is -2.49. The molecule has 1 aliphatic heterocycles. The van der Waals surface area contributed by atoms with Crippen LogP contribution in [0.4, 0.5) is 4.39 Å². The molecule has 0 aromatic heterocycles. The maximum absolute atomic E-state index is 14.7. The second-order valence-corrected chi connectivity index (χ2v) is 12.8. The van der Waals surface area contributed by atoms with E-state index in [-0.39, 0.29) is 30.3 Å². The van der Waals surface area contributed by atoms with Gasteiger partial charge in [-0.3, -0.25) is 4.90 Å². The first-order valence-corrected chi connectivity index (χ1v) is 15.8. The number of alkyl halides is 1. The predicted octanol–water partition coefficient (Wildman–Crippen LogP) is 8.00. The van der Waals surface area contributed by atoms with Gasteiger partial charge in [-0.1, -0.05) is 91.0 Å². The van der Waals surface area contributed by atoms with Gasteiger partial charge in [-0.05, 0) is 75.0 Å². The number of nitrogens with zero attached hydrogens (tertiary/aromatic N) is 1. The zero-order chi connectivity index (χ0) is 29.4. The van der Waals surface area contributed by atoms with E-state index in [9.17, 15) is 4.39 Å². The van der Waals surface area contributed by atoms with Crippen LogP contribution in [0.5, 0.6) is 0 Å². The molecular weight excluding hydrogens is 525 g/mol. The van der Waals surface area contributed by atoms with Crippen LogP contribution >= 0.6 is 0 Å². The predicted molar refractivity (Wildman–Crippen MR) is 167 cm³/mol. The number of hydrogen-bond acceptors (Lipinski definition) is 4. The monoisotopic (exact) mass is 573 g/mol. The third-order valence-electron chi connectivity index (χ3n) is 9.34. The van der Waals surface area contributed by atoms with Crippen LogP contribution in [0.25, 0.3) is 0 Å². The molecule has 0 spiro atoms. The van der Waals surface area contributed by atoms with Crippen molar-refractivity contribution in [1.82, 2.24) is 4.90 Å². The Morgan fingerprint density at radius 1 is 0.667 bits per heavy atom. The third-order valence-corrected chi connectivity index (χ3v) is 9.34. The number of halogens is 1. The Hall–Kier alpha value is -2.57. The summed E-state index contributed by atoms with van der Waals surface area (Å²) in [4.78, 5) is 2.55.